The number of likely N-dealkylation sites (tertiary alicyclic amines) is 1. The van der Waals surface area contributed by atoms with Gasteiger partial charge in [0.05, 0.1) is 6.54 Å². The molecular formula is C22H36N2O2. The molecule has 1 aromatic rings. The number of carboxylic acid groups (broad SMARTS) is 1. The first-order valence-corrected chi connectivity index (χ1v) is 9.83. The van der Waals surface area contributed by atoms with Crippen LogP contribution in [0.5, 0.6) is 0 Å². The van der Waals surface area contributed by atoms with Crippen molar-refractivity contribution in [3.63, 3.8) is 0 Å². The second-order valence-corrected chi connectivity index (χ2v) is 9.01. The minimum Gasteiger partial charge on any atom is -0.480 e. The summed E-state index contributed by atoms with van der Waals surface area (Å²) in [4.78, 5) is 15.5. The fourth-order valence-electron chi connectivity index (χ4n) is 3.98. The quantitative estimate of drug-likeness (QED) is 0.863. The Morgan fingerprint density at radius 2 is 1.81 bits per heavy atom. The molecule has 0 spiro atoms. The molecule has 1 N–H and O–H groups in total. The lowest BCUT2D eigenvalue weighted by molar-refractivity contribution is -0.138. The van der Waals surface area contributed by atoms with Crippen molar-refractivity contribution in [1.29, 1.82) is 0 Å². The van der Waals surface area contributed by atoms with Crippen molar-refractivity contribution in [2.45, 2.75) is 71.9 Å². The van der Waals surface area contributed by atoms with E-state index in [0.717, 1.165) is 38.9 Å². The molecule has 26 heavy (non-hydrogen) atoms. The van der Waals surface area contributed by atoms with Crippen molar-refractivity contribution in [3.8, 4) is 0 Å². The van der Waals surface area contributed by atoms with E-state index in [4.69, 9.17) is 5.11 Å². The van der Waals surface area contributed by atoms with Gasteiger partial charge >= 0.3 is 5.97 Å². The number of nitrogens with zero attached hydrogens (tertiary/aromatic N) is 2. The molecule has 1 heterocycles. The first-order chi connectivity index (χ1) is 12.1. The summed E-state index contributed by atoms with van der Waals surface area (Å²) in [5.74, 6) is -0.737. The fourth-order valence-corrected chi connectivity index (χ4v) is 3.98. The van der Waals surface area contributed by atoms with E-state index in [2.05, 4.69) is 51.7 Å². The number of hydrogen-bond acceptors (Lipinski definition) is 3. The highest BCUT2D eigenvalue weighted by Crippen LogP contribution is 2.28. The molecule has 1 aromatic carbocycles. The molecule has 4 nitrogen and oxygen atoms in total. The lowest BCUT2D eigenvalue weighted by Gasteiger charge is -2.27. The summed E-state index contributed by atoms with van der Waals surface area (Å²) >= 11 is 0. The second kappa shape index (κ2) is 8.53. The molecule has 1 aliphatic heterocycles. The second-order valence-electron chi connectivity index (χ2n) is 9.01. The van der Waals surface area contributed by atoms with Crippen molar-refractivity contribution in [2.24, 2.45) is 0 Å². The molecule has 1 aliphatic rings. The Balaban J connectivity index is 2.04. The summed E-state index contributed by atoms with van der Waals surface area (Å²) in [6.07, 6.45) is 3.26. The molecule has 1 unspecified atom stereocenters. The Morgan fingerprint density at radius 1 is 1.19 bits per heavy atom. The van der Waals surface area contributed by atoms with Crippen LogP contribution in [0.4, 0.5) is 0 Å². The molecule has 0 saturated carbocycles. The van der Waals surface area contributed by atoms with Gasteiger partial charge in [-0.05, 0) is 80.9 Å². The molecule has 0 amide bonds. The molecule has 4 heteroatoms. The van der Waals surface area contributed by atoms with Gasteiger partial charge < -0.3 is 5.11 Å². The monoisotopic (exact) mass is 360 g/mol. The Morgan fingerprint density at radius 3 is 2.35 bits per heavy atom. The summed E-state index contributed by atoms with van der Waals surface area (Å²) in [5.41, 5.74) is 5.81. The number of aryl methyl sites for hydroxylation is 2. The van der Waals surface area contributed by atoms with Crippen LogP contribution in [0.25, 0.3) is 0 Å². The highest BCUT2D eigenvalue weighted by molar-refractivity contribution is 5.69. The van der Waals surface area contributed by atoms with Gasteiger partial charge in [-0.1, -0.05) is 32.9 Å². The molecule has 1 fully saturated rings. The van der Waals surface area contributed by atoms with E-state index in [1.165, 1.54) is 22.3 Å². The topological polar surface area (TPSA) is 43.8 Å². The third-order valence-corrected chi connectivity index (χ3v) is 5.74. The van der Waals surface area contributed by atoms with Crippen LogP contribution in [-0.2, 0) is 16.8 Å². The number of benzene rings is 1. The van der Waals surface area contributed by atoms with Gasteiger partial charge in [0, 0.05) is 12.6 Å². The van der Waals surface area contributed by atoms with E-state index in [1.54, 1.807) is 0 Å². The van der Waals surface area contributed by atoms with Gasteiger partial charge in [0.1, 0.15) is 0 Å². The van der Waals surface area contributed by atoms with Crippen LogP contribution in [0, 0.1) is 13.8 Å². The third kappa shape index (κ3) is 5.55. The highest BCUT2D eigenvalue weighted by Gasteiger charge is 2.23. The zero-order valence-corrected chi connectivity index (χ0v) is 17.4. The average Bonchev–Trinajstić information content (AvgIpc) is 2.74. The molecule has 0 aromatic heterocycles. The number of rotatable bonds is 5. The van der Waals surface area contributed by atoms with E-state index in [0.29, 0.717) is 6.04 Å². The van der Waals surface area contributed by atoms with Crippen molar-refractivity contribution < 1.29 is 9.90 Å². The van der Waals surface area contributed by atoms with Gasteiger partial charge in [0.25, 0.3) is 0 Å². The largest absolute Gasteiger partial charge is 0.480 e. The fraction of sp³-hybridized carbons (Fsp3) is 0.682. The number of hydrogen-bond donors (Lipinski definition) is 1. The van der Waals surface area contributed by atoms with Gasteiger partial charge in [-0.15, -0.1) is 0 Å². The van der Waals surface area contributed by atoms with Crippen molar-refractivity contribution in [2.75, 3.05) is 26.7 Å². The molecule has 0 bridgehead atoms. The standard InChI is InChI=1S/C22H36N2O2/c1-16-12-18(22(3,4)5)13-17(2)20(16)14-24-10-7-8-19(9-11-24)23(6)15-21(25)26/h12-13,19H,7-11,14-15H2,1-6H3,(H,25,26). The summed E-state index contributed by atoms with van der Waals surface area (Å²) in [6, 6.07) is 5.08. The smallest absolute Gasteiger partial charge is 0.317 e. The van der Waals surface area contributed by atoms with E-state index in [1.807, 2.05) is 11.9 Å². The number of carboxylic acids is 1. The van der Waals surface area contributed by atoms with E-state index in [9.17, 15) is 4.79 Å². The number of carbonyl (C=O) groups is 1. The van der Waals surface area contributed by atoms with Crippen molar-refractivity contribution >= 4 is 5.97 Å². The Kier molecular flexibility index (Phi) is 6.86. The van der Waals surface area contributed by atoms with Crippen LogP contribution in [0.1, 0.15) is 62.3 Å². The molecule has 2 rings (SSSR count). The van der Waals surface area contributed by atoms with Gasteiger partial charge in [-0.3, -0.25) is 14.6 Å². The molecule has 0 aliphatic carbocycles. The summed E-state index contributed by atoms with van der Waals surface area (Å²) in [7, 11) is 1.94. The molecule has 0 radical (unpaired) electrons. The van der Waals surface area contributed by atoms with Crippen LogP contribution in [-0.4, -0.2) is 53.6 Å². The first-order valence-electron chi connectivity index (χ1n) is 9.83. The SMILES string of the molecule is Cc1cc(C(C)(C)C)cc(C)c1CN1CCCC(N(C)CC(=O)O)CC1. The summed E-state index contributed by atoms with van der Waals surface area (Å²) in [5, 5.41) is 9.02. The Labute approximate surface area is 159 Å². The lowest BCUT2D eigenvalue weighted by Crippen LogP contribution is -2.36. The predicted molar refractivity (Wildman–Crippen MR) is 108 cm³/mol. The van der Waals surface area contributed by atoms with Crippen LogP contribution in [0.2, 0.25) is 0 Å². The van der Waals surface area contributed by atoms with Gasteiger partial charge in [-0.25, -0.2) is 0 Å². The number of likely N-dealkylation sites (N-methyl/N-ethyl adjacent to an activating group) is 1. The van der Waals surface area contributed by atoms with Crippen LogP contribution in [0.15, 0.2) is 12.1 Å². The lowest BCUT2D eigenvalue weighted by atomic mass is 9.83. The maximum atomic E-state index is 11.0. The zero-order valence-electron chi connectivity index (χ0n) is 17.4. The van der Waals surface area contributed by atoms with Crippen molar-refractivity contribution in [1.82, 2.24) is 9.80 Å². The highest BCUT2D eigenvalue weighted by atomic mass is 16.4. The first kappa shape index (κ1) is 20.9. The summed E-state index contributed by atoms with van der Waals surface area (Å²) in [6.45, 7) is 14.5. The maximum Gasteiger partial charge on any atom is 0.317 e. The van der Waals surface area contributed by atoms with Crippen LogP contribution in [0.3, 0.4) is 0 Å². The van der Waals surface area contributed by atoms with Gasteiger partial charge in [0.2, 0.25) is 0 Å². The average molecular weight is 361 g/mol. The maximum absolute atomic E-state index is 11.0. The Bertz CT molecular complexity index is 611. The van der Waals surface area contributed by atoms with E-state index >= 15 is 0 Å². The molecular weight excluding hydrogens is 324 g/mol. The predicted octanol–water partition coefficient (Wildman–Crippen LogP) is 3.97. The van der Waals surface area contributed by atoms with E-state index < -0.39 is 5.97 Å². The van der Waals surface area contributed by atoms with Crippen LogP contribution >= 0.6 is 0 Å². The number of aliphatic carboxylic acids is 1. The van der Waals surface area contributed by atoms with Gasteiger partial charge in [-0.2, -0.15) is 0 Å². The Hall–Kier alpha value is -1.39. The third-order valence-electron chi connectivity index (χ3n) is 5.74. The molecule has 146 valence electrons. The molecule has 1 atom stereocenters. The van der Waals surface area contributed by atoms with Crippen molar-refractivity contribution in [3.05, 3.63) is 34.4 Å². The summed E-state index contributed by atoms with van der Waals surface area (Å²) < 4.78 is 0. The molecule has 1 saturated heterocycles. The zero-order chi connectivity index (χ0) is 19.5. The van der Waals surface area contributed by atoms with Crippen LogP contribution < -0.4 is 0 Å². The minimum absolute atomic E-state index is 0.136. The van der Waals surface area contributed by atoms with Gasteiger partial charge in [0.15, 0.2) is 0 Å². The minimum atomic E-state index is -0.737. The van der Waals surface area contributed by atoms with E-state index in [-0.39, 0.29) is 12.0 Å². The normalized spacial score (nSPS) is 19.6.